The zero-order valence-corrected chi connectivity index (χ0v) is 19.6. The van der Waals surface area contributed by atoms with E-state index in [9.17, 15) is 0 Å². The lowest BCUT2D eigenvalue weighted by molar-refractivity contribution is 0.140. The van der Waals surface area contributed by atoms with Crippen LogP contribution in [0.3, 0.4) is 0 Å². The number of nitrogens with one attached hydrogen (secondary N) is 2. The van der Waals surface area contributed by atoms with Gasteiger partial charge >= 0.3 is 0 Å². The highest BCUT2D eigenvalue weighted by molar-refractivity contribution is 14.0. The van der Waals surface area contributed by atoms with Gasteiger partial charge in [0.1, 0.15) is 11.9 Å². The molecule has 1 unspecified atom stereocenters. The Bertz CT molecular complexity index is 762. The van der Waals surface area contributed by atoms with Crippen LogP contribution in [0.2, 0.25) is 0 Å². The van der Waals surface area contributed by atoms with Crippen LogP contribution in [0, 0.1) is 6.92 Å². The molecule has 1 heterocycles. The maximum atomic E-state index is 6.18. The van der Waals surface area contributed by atoms with Crippen molar-refractivity contribution in [3.63, 3.8) is 0 Å². The highest BCUT2D eigenvalue weighted by Crippen LogP contribution is 2.24. The molecule has 1 aliphatic heterocycles. The van der Waals surface area contributed by atoms with Gasteiger partial charge in [0.2, 0.25) is 0 Å². The van der Waals surface area contributed by atoms with Crippen LogP contribution in [0.1, 0.15) is 30.0 Å². The Morgan fingerprint density at radius 3 is 2.72 bits per heavy atom. The average Bonchev–Trinajstić information content (AvgIpc) is 3.21. The molecule has 2 N–H and O–H groups in total. The Hall–Kier alpha value is -1.80. The van der Waals surface area contributed by atoms with E-state index in [1.807, 2.05) is 6.07 Å². The van der Waals surface area contributed by atoms with Crippen LogP contribution in [0.4, 0.5) is 0 Å². The van der Waals surface area contributed by atoms with Crippen LogP contribution >= 0.6 is 24.0 Å². The second-order valence-corrected chi connectivity index (χ2v) is 7.07. The standard InChI is InChI=1S/C23H31N3O2.HI/c1-3-24-23(25-13-11-19-7-5-4-6-8-19)26-16-20-10-9-18(2)15-22(20)28-21-12-14-27-17-21;/h4-10,15,21H,3,11-14,16-17H2,1-2H3,(H2,24,25,26);1H. The number of rotatable bonds is 8. The molecule has 2 aromatic carbocycles. The minimum Gasteiger partial charge on any atom is -0.488 e. The van der Waals surface area contributed by atoms with E-state index in [-0.39, 0.29) is 30.1 Å². The van der Waals surface area contributed by atoms with Crippen LogP contribution < -0.4 is 15.4 Å². The van der Waals surface area contributed by atoms with E-state index in [4.69, 9.17) is 14.5 Å². The molecular formula is C23H32IN3O2. The third kappa shape index (κ3) is 7.85. The second-order valence-electron chi connectivity index (χ2n) is 7.07. The quantitative estimate of drug-likeness (QED) is 0.320. The highest BCUT2D eigenvalue weighted by Gasteiger charge is 2.18. The van der Waals surface area contributed by atoms with Gasteiger partial charge in [-0.05, 0) is 37.5 Å². The largest absolute Gasteiger partial charge is 0.488 e. The fraction of sp³-hybridized carbons (Fsp3) is 0.435. The van der Waals surface area contributed by atoms with E-state index in [0.29, 0.717) is 13.2 Å². The smallest absolute Gasteiger partial charge is 0.191 e. The molecule has 1 aliphatic rings. The van der Waals surface area contributed by atoms with Crippen molar-refractivity contribution in [2.24, 2.45) is 4.99 Å². The van der Waals surface area contributed by atoms with Gasteiger partial charge in [-0.15, -0.1) is 24.0 Å². The molecule has 6 heteroatoms. The van der Waals surface area contributed by atoms with Gasteiger partial charge in [0, 0.05) is 25.1 Å². The van der Waals surface area contributed by atoms with Crippen molar-refractivity contribution >= 4 is 29.9 Å². The first-order valence-corrected chi connectivity index (χ1v) is 10.1. The van der Waals surface area contributed by atoms with Gasteiger partial charge in [0.15, 0.2) is 5.96 Å². The Balaban J connectivity index is 0.00000300. The Labute approximate surface area is 191 Å². The van der Waals surface area contributed by atoms with Gasteiger partial charge in [-0.3, -0.25) is 0 Å². The molecule has 0 radical (unpaired) electrons. The second kappa shape index (κ2) is 12.7. The van der Waals surface area contributed by atoms with Crippen molar-refractivity contribution in [2.75, 3.05) is 26.3 Å². The number of nitrogens with zero attached hydrogens (tertiary/aromatic N) is 1. The van der Waals surface area contributed by atoms with E-state index in [1.165, 1.54) is 11.1 Å². The number of hydrogen-bond donors (Lipinski definition) is 2. The SMILES string of the molecule is CCNC(=NCc1ccc(C)cc1OC1CCOC1)NCCc1ccccc1.I. The molecule has 0 bridgehead atoms. The van der Waals surface area contributed by atoms with Gasteiger partial charge < -0.3 is 20.1 Å². The summed E-state index contributed by atoms with van der Waals surface area (Å²) in [5.74, 6) is 1.74. The van der Waals surface area contributed by atoms with Gasteiger partial charge in [-0.1, -0.05) is 42.5 Å². The minimum atomic E-state index is 0. The van der Waals surface area contributed by atoms with Crippen LogP contribution in [0.15, 0.2) is 53.5 Å². The van der Waals surface area contributed by atoms with Gasteiger partial charge in [-0.2, -0.15) is 0 Å². The maximum absolute atomic E-state index is 6.18. The molecule has 0 spiro atoms. The molecule has 158 valence electrons. The lowest BCUT2D eigenvalue weighted by atomic mass is 10.1. The number of ether oxygens (including phenoxy) is 2. The first kappa shape index (κ1) is 23.5. The molecule has 1 fully saturated rings. The first-order valence-electron chi connectivity index (χ1n) is 10.1. The molecule has 0 aliphatic carbocycles. The molecule has 0 amide bonds. The highest BCUT2D eigenvalue weighted by atomic mass is 127. The van der Waals surface area contributed by atoms with Crippen LogP contribution in [-0.4, -0.2) is 38.4 Å². The fourth-order valence-electron chi connectivity index (χ4n) is 3.16. The van der Waals surface area contributed by atoms with Gasteiger partial charge in [0.25, 0.3) is 0 Å². The van der Waals surface area contributed by atoms with Crippen molar-refractivity contribution in [1.29, 1.82) is 0 Å². The van der Waals surface area contributed by atoms with Crippen LogP contribution in [0.5, 0.6) is 5.75 Å². The van der Waals surface area contributed by atoms with Crippen molar-refractivity contribution in [3.05, 3.63) is 65.2 Å². The summed E-state index contributed by atoms with van der Waals surface area (Å²) in [7, 11) is 0. The lowest BCUT2D eigenvalue weighted by Gasteiger charge is -2.16. The summed E-state index contributed by atoms with van der Waals surface area (Å²) in [4.78, 5) is 4.76. The Morgan fingerprint density at radius 2 is 2.00 bits per heavy atom. The Kier molecular flexibility index (Phi) is 10.3. The summed E-state index contributed by atoms with van der Waals surface area (Å²) >= 11 is 0. The third-order valence-electron chi connectivity index (χ3n) is 4.70. The predicted octanol–water partition coefficient (Wildman–Crippen LogP) is 4.08. The van der Waals surface area contributed by atoms with E-state index < -0.39 is 0 Å². The summed E-state index contributed by atoms with van der Waals surface area (Å²) in [6, 6.07) is 16.8. The zero-order chi connectivity index (χ0) is 19.6. The molecule has 0 aromatic heterocycles. The van der Waals surface area contributed by atoms with E-state index in [2.05, 4.69) is 66.9 Å². The lowest BCUT2D eigenvalue weighted by Crippen LogP contribution is -2.38. The number of halogens is 1. The maximum Gasteiger partial charge on any atom is 0.191 e. The number of benzene rings is 2. The summed E-state index contributed by atoms with van der Waals surface area (Å²) in [5, 5.41) is 6.74. The van der Waals surface area contributed by atoms with Crippen molar-refractivity contribution < 1.29 is 9.47 Å². The molecule has 0 saturated carbocycles. The minimum absolute atomic E-state index is 0. The summed E-state index contributed by atoms with van der Waals surface area (Å²) in [6.45, 7) is 7.85. The zero-order valence-electron chi connectivity index (χ0n) is 17.3. The average molecular weight is 509 g/mol. The van der Waals surface area contributed by atoms with Crippen molar-refractivity contribution in [3.8, 4) is 5.75 Å². The molecule has 1 atom stereocenters. The summed E-state index contributed by atoms with van der Waals surface area (Å²) in [6.07, 6.45) is 2.05. The van der Waals surface area contributed by atoms with E-state index >= 15 is 0 Å². The fourth-order valence-corrected chi connectivity index (χ4v) is 3.16. The molecule has 2 aromatic rings. The third-order valence-corrected chi connectivity index (χ3v) is 4.70. The molecule has 5 nitrogen and oxygen atoms in total. The monoisotopic (exact) mass is 509 g/mol. The Morgan fingerprint density at radius 1 is 1.17 bits per heavy atom. The van der Waals surface area contributed by atoms with Gasteiger partial charge in [-0.25, -0.2) is 4.99 Å². The molecular weight excluding hydrogens is 477 g/mol. The van der Waals surface area contributed by atoms with Crippen LogP contribution in [-0.2, 0) is 17.7 Å². The number of guanidine groups is 1. The van der Waals surface area contributed by atoms with Crippen molar-refractivity contribution in [2.45, 2.75) is 39.3 Å². The van der Waals surface area contributed by atoms with Crippen molar-refractivity contribution in [1.82, 2.24) is 10.6 Å². The summed E-state index contributed by atoms with van der Waals surface area (Å²) < 4.78 is 11.6. The molecule has 1 saturated heterocycles. The topological polar surface area (TPSA) is 54.9 Å². The summed E-state index contributed by atoms with van der Waals surface area (Å²) in [5.41, 5.74) is 3.60. The normalized spacial score (nSPS) is 16.2. The van der Waals surface area contributed by atoms with E-state index in [1.54, 1.807) is 0 Å². The number of aliphatic imine (C=N–C) groups is 1. The van der Waals surface area contributed by atoms with Gasteiger partial charge in [0.05, 0.1) is 19.8 Å². The molecule has 29 heavy (non-hydrogen) atoms. The molecule has 3 rings (SSSR count). The number of aryl methyl sites for hydroxylation is 1. The van der Waals surface area contributed by atoms with E-state index in [0.717, 1.165) is 49.8 Å². The van der Waals surface area contributed by atoms with Crippen LogP contribution in [0.25, 0.3) is 0 Å². The first-order chi connectivity index (χ1) is 13.7. The number of hydrogen-bond acceptors (Lipinski definition) is 3. The predicted molar refractivity (Wildman–Crippen MR) is 129 cm³/mol.